The monoisotopic (exact) mass is 526 g/mol. The lowest BCUT2D eigenvalue weighted by Gasteiger charge is -2.20. The number of rotatable bonds is 10. The van der Waals surface area contributed by atoms with E-state index in [-0.39, 0.29) is 11.4 Å². The van der Waals surface area contributed by atoms with Gasteiger partial charge >= 0.3 is 5.63 Å². The predicted octanol–water partition coefficient (Wildman–Crippen LogP) is 5.63. The Bertz CT molecular complexity index is 1690. The van der Waals surface area contributed by atoms with E-state index in [0.29, 0.717) is 23.4 Å². The number of aryl methyl sites for hydroxylation is 2. The Kier molecular flexibility index (Phi) is 7.72. The van der Waals surface area contributed by atoms with Crippen molar-refractivity contribution in [1.29, 1.82) is 0 Å². The molecule has 5 rings (SSSR count). The van der Waals surface area contributed by atoms with Gasteiger partial charge in [-0.05, 0) is 56.7 Å². The summed E-state index contributed by atoms with van der Waals surface area (Å²) in [5.41, 5.74) is 3.90. The summed E-state index contributed by atoms with van der Waals surface area (Å²) < 4.78 is 24.4. The van der Waals surface area contributed by atoms with E-state index in [1.807, 2.05) is 64.9 Å². The minimum Gasteiger partial charge on any atom is -0.422 e. The highest BCUT2D eigenvalue weighted by atomic mass is 19.1. The highest BCUT2D eigenvalue weighted by Gasteiger charge is 2.14. The number of fused-ring (bicyclic) bond motifs is 2. The van der Waals surface area contributed by atoms with Crippen LogP contribution in [0.4, 0.5) is 15.8 Å². The van der Waals surface area contributed by atoms with E-state index in [2.05, 4.69) is 35.1 Å². The van der Waals surface area contributed by atoms with Crippen LogP contribution in [0.5, 0.6) is 0 Å². The van der Waals surface area contributed by atoms with E-state index in [1.165, 1.54) is 0 Å². The fourth-order valence-electron chi connectivity index (χ4n) is 4.83. The molecule has 0 aliphatic carbocycles. The lowest BCUT2D eigenvalue weighted by Crippen LogP contribution is -2.32. The van der Waals surface area contributed by atoms with Gasteiger partial charge in [0.1, 0.15) is 18.4 Å². The summed E-state index contributed by atoms with van der Waals surface area (Å²) in [6, 6.07) is 15.0. The second kappa shape index (κ2) is 11.5. The van der Waals surface area contributed by atoms with Crippen molar-refractivity contribution in [3.63, 3.8) is 0 Å². The van der Waals surface area contributed by atoms with E-state index >= 15 is 0 Å². The maximum absolute atomic E-state index is 14.8. The number of hydrogen-bond acceptors (Lipinski definition) is 5. The first-order chi connectivity index (χ1) is 19.0. The molecule has 0 spiro atoms. The van der Waals surface area contributed by atoms with E-state index < -0.39 is 0 Å². The fourth-order valence-corrected chi connectivity index (χ4v) is 4.83. The van der Waals surface area contributed by atoms with Crippen LogP contribution in [0.15, 0.2) is 76.5 Å². The maximum Gasteiger partial charge on any atom is 0.343 e. The van der Waals surface area contributed by atoms with Crippen LogP contribution in [0.3, 0.4) is 0 Å². The van der Waals surface area contributed by atoms with E-state index in [1.54, 1.807) is 24.7 Å². The minimum atomic E-state index is -0.386. The number of anilines is 2. The van der Waals surface area contributed by atoms with Gasteiger partial charge in [0, 0.05) is 79.3 Å². The van der Waals surface area contributed by atoms with Gasteiger partial charge in [-0.15, -0.1) is 0 Å². The molecule has 0 atom stereocenters. The molecule has 0 bridgehead atoms. The van der Waals surface area contributed by atoms with Crippen molar-refractivity contribution in [3.8, 4) is 0 Å². The van der Waals surface area contributed by atoms with Crippen molar-refractivity contribution >= 4 is 45.4 Å². The van der Waals surface area contributed by atoms with Gasteiger partial charge < -0.3 is 19.2 Å². The summed E-state index contributed by atoms with van der Waals surface area (Å²) in [5.74, 6) is -0.286. The van der Waals surface area contributed by atoms with Crippen molar-refractivity contribution in [2.75, 3.05) is 29.9 Å². The normalized spacial score (nSPS) is 11.6. The molecular formula is C31H33FN5O2+. The van der Waals surface area contributed by atoms with Crippen molar-refractivity contribution < 1.29 is 13.4 Å². The molecule has 5 aromatic rings. The van der Waals surface area contributed by atoms with Crippen molar-refractivity contribution in [1.82, 2.24) is 9.55 Å². The molecule has 0 unspecified atom stereocenters. The number of nitrogens with one attached hydrogen (secondary N) is 1. The van der Waals surface area contributed by atoms with Gasteiger partial charge in [-0.1, -0.05) is 0 Å². The molecule has 7 nitrogen and oxygen atoms in total. The second-order valence-corrected chi connectivity index (χ2v) is 9.51. The SMILES string of the molecule is CCN(CC)c1ccc2cc(/C=C/c3ccc4cc(F)c(NCCCn5ccnc5)cc4[n+]3C)c(=O)oc2c1. The number of pyridine rings is 1. The van der Waals surface area contributed by atoms with Crippen molar-refractivity contribution in [2.45, 2.75) is 26.8 Å². The number of nitrogens with zero attached hydrogens (tertiary/aromatic N) is 4. The Morgan fingerprint density at radius 1 is 1.08 bits per heavy atom. The summed E-state index contributed by atoms with van der Waals surface area (Å²) in [6.07, 6.45) is 9.92. The molecule has 0 aliphatic rings. The third kappa shape index (κ3) is 5.70. The Morgan fingerprint density at radius 2 is 1.90 bits per heavy atom. The lowest BCUT2D eigenvalue weighted by atomic mass is 10.1. The molecule has 39 heavy (non-hydrogen) atoms. The summed E-state index contributed by atoms with van der Waals surface area (Å²) in [6.45, 7) is 7.41. The average Bonchev–Trinajstić information content (AvgIpc) is 3.46. The Labute approximate surface area is 226 Å². The molecule has 0 saturated carbocycles. The van der Waals surface area contributed by atoms with Crippen LogP contribution < -0.4 is 20.4 Å². The van der Waals surface area contributed by atoms with Crippen molar-refractivity contribution in [3.05, 3.63) is 94.7 Å². The molecule has 1 N–H and O–H groups in total. The Balaban J connectivity index is 1.37. The van der Waals surface area contributed by atoms with Gasteiger partial charge in [0.15, 0.2) is 0 Å². The molecule has 0 saturated heterocycles. The minimum absolute atomic E-state index is 0.286. The fraction of sp³-hybridized carbons (Fsp3) is 0.258. The molecule has 8 heteroatoms. The topological polar surface area (TPSA) is 67.2 Å². The summed E-state index contributed by atoms with van der Waals surface area (Å²) in [4.78, 5) is 19.0. The number of halogens is 1. The van der Waals surface area contributed by atoms with Crippen LogP contribution in [0.25, 0.3) is 34.0 Å². The third-order valence-electron chi connectivity index (χ3n) is 7.08. The smallest absolute Gasteiger partial charge is 0.343 e. The van der Waals surface area contributed by atoms with Crippen LogP contribution in [0.1, 0.15) is 31.5 Å². The molecule has 0 amide bonds. The van der Waals surface area contributed by atoms with Gasteiger partial charge in [0.25, 0.3) is 0 Å². The average molecular weight is 527 g/mol. The molecular weight excluding hydrogens is 493 g/mol. The van der Waals surface area contributed by atoms with Crippen LogP contribution in [0.2, 0.25) is 0 Å². The summed E-state index contributed by atoms with van der Waals surface area (Å²) in [5, 5.41) is 4.88. The van der Waals surface area contributed by atoms with Crippen LogP contribution in [0, 0.1) is 5.82 Å². The first-order valence-electron chi connectivity index (χ1n) is 13.3. The van der Waals surface area contributed by atoms with Crippen LogP contribution >= 0.6 is 0 Å². The molecule has 200 valence electrons. The lowest BCUT2D eigenvalue weighted by molar-refractivity contribution is -0.646. The third-order valence-corrected chi connectivity index (χ3v) is 7.08. The zero-order valence-electron chi connectivity index (χ0n) is 22.5. The Morgan fingerprint density at radius 3 is 2.67 bits per heavy atom. The maximum atomic E-state index is 14.8. The van der Waals surface area contributed by atoms with Gasteiger partial charge in [-0.25, -0.2) is 14.2 Å². The van der Waals surface area contributed by atoms with Crippen LogP contribution in [-0.2, 0) is 13.6 Å². The first kappa shape index (κ1) is 26.2. The van der Waals surface area contributed by atoms with E-state index in [9.17, 15) is 9.18 Å². The van der Waals surface area contributed by atoms with Crippen LogP contribution in [-0.4, -0.2) is 29.2 Å². The van der Waals surface area contributed by atoms with Crippen molar-refractivity contribution in [2.24, 2.45) is 7.05 Å². The number of hydrogen-bond donors (Lipinski definition) is 1. The zero-order chi connectivity index (χ0) is 27.4. The number of benzene rings is 2. The van der Waals surface area contributed by atoms with E-state index in [0.717, 1.165) is 53.7 Å². The number of imidazole rings is 1. The predicted molar refractivity (Wildman–Crippen MR) is 155 cm³/mol. The summed E-state index contributed by atoms with van der Waals surface area (Å²) in [7, 11) is 1.93. The largest absolute Gasteiger partial charge is 0.422 e. The Hall–Kier alpha value is -4.46. The quantitative estimate of drug-likeness (QED) is 0.145. The molecule has 2 aromatic carbocycles. The standard InChI is InChI=1S/C31H32FN5O2/c1-4-37(5-2)26-12-8-23-17-24(31(38)39-30(23)19-26)9-11-25-10-7-22-18-27(32)28(20-29(22)35(25)3)34-13-6-15-36-16-14-33-21-36/h7-12,14,16-21H,4-6,13,15H2,1-3H3/p+1/b11-9+. The van der Waals surface area contributed by atoms with Gasteiger partial charge in [-0.3, -0.25) is 0 Å². The molecule has 0 fully saturated rings. The highest BCUT2D eigenvalue weighted by Crippen LogP contribution is 2.24. The molecule has 0 radical (unpaired) electrons. The van der Waals surface area contributed by atoms with E-state index in [4.69, 9.17) is 4.42 Å². The summed E-state index contributed by atoms with van der Waals surface area (Å²) >= 11 is 0. The van der Waals surface area contributed by atoms with Gasteiger partial charge in [0.2, 0.25) is 11.2 Å². The zero-order valence-corrected chi connectivity index (χ0v) is 22.5. The first-order valence-corrected chi connectivity index (χ1v) is 13.3. The highest BCUT2D eigenvalue weighted by molar-refractivity contribution is 5.84. The number of aromatic nitrogens is 3. The molecule has 0 aliphatic heterocycles. The van der Waals surface area contributed by atoms with Gasteiger partial charge in [0.05, 0.1) is 17.6 Å². The van der Waals surface area contributed by atoms with Gasteiger partial charge in [-0.2, -0.15) is 4.57 Å². The molecule has 3 heterocycles. The second-order valence-electron chi connectivity index (χ2n) is 9.51. The molecule has 3 aromatic heterocycles.